The van der Waals surface area contributed by atoms with Gasteiger partial charge in [-0.15, -0.1) is 0 Å². The number of ether oxygens (including phenoxy) is 1. The number of hydrogen-bond donors (Lipinski definition) is 1. The number of hydrogen-bond acceptors (Lipinski definition) is 4. The molecule has 0 aliphatic heterocycles. The van der Waals surface area contributed by atoms with Crippen LogP contribution in [-0.2, 0) is 14.6 Å². The topological polar surface area (TPSA) is 69.4 Å². The van der Waals surface area contributed by atoms with Crippen LogP contribution in [-0.4, -0.2) is 26.9 Å². The van der Waals surface area contributed by atoms with Gasteiger partial charge in [-0.1, -0.05) is 0 Å². The van der Waals surface area contributed by atoms with Crippen molar-refractivity contribution >= 4 is 15.5 Å². The summed E-state index contributed by atoms with van der Waals surface area (Å²) in [4.78, 5) is 0.406. The fraction of sp³-hybridized carbons (Fsp3) is 0.571. The van der Waals surface area contributed by atoms with Gasteiger partial charge in [0.15, 0.2) is 9.84 Å². The van der Waals surface area contributed by atoms with E-state index in [0.717, 1.165) is 18.4 Å². The Kier molecular flexibility index (Phi) is 4.16. The normalized spacial score (nSPS) is 24.3. The summed E-state index contributed by atoms with van der Waals surface area (Å²) in [6.07, 6.45) is 3.21. The lowest BCUT2D eigenvalue weighted by molar-refractivity contribution is 0.0720. The van der Waals surface area contributed by atoms with Gasteiger partial charge < -0.3 is 10.5 Å². The third-order valence-corrected chi connectivity index (χ3v) is 6.23. The zero-order valence-corrected chi connectivity index (χ0v) is 12.2. The molecule has 1 aliphatic carbocycles. The van der Waals surface area contributed by atoms with Crippen molar-refractivity contribution in [1.82, 2.24) is 0 Å². The van der Waals surface area contributed by atoms with Crippen LogP contribution in [0.2, 0.25) is 0 Å². The number of anilines is 1. The molecule has 2 atom stereocenters. The van der Waals surface area contributed by atoms with Crippen LogP contribution in [0, 0.1) is 6.92 Å². The van der Waals surface area contributed by atoms with Crippen molar-refractivity contribution in [2.45, 2.75) is 48.9 Å². The Morgan fingerprint density at radius 2 is 2.05 bits per heavy atom. The molecule has 0 bridgehead atoms. The molecule has 5 heteroatoms. The average Bonchev–Trinajstić information content (AvgIpc) is 2.38. The van der Waals surface area contributed by atoms with Crippen LogP contribution >= 0.6 is 0 Å². The van der Waals surface area contributed by atoms with Crippen molar-refractivity contribution in [1.29, 1.82) is 0 Å². The van der Waals surface area contributed by atoms with Crippen molar-refractivity contribution < 1.29 is 13.2 Å². The summed E-state index contributed by atoms with van der Waals surface area (Å²) in [5.74, 6) is 0. The fourth-order valence-electron chi connectivity index (χ4n) is 2.77. The molecule has 2 unspecified atom stereocenters. The van der Waals surface area contributed by atoms with Gasteiger partial charge in [-0.05, 0) is 56.4 Å². The quantitative estimate of drug-likeness (QED) is 0.864. The van der Waals surface area contributed by atoms with Crippen molar-refractivity contribution in [3.63, 3.8) is 0 Å². The Morgan fingerprint density at radius 1 is 1.32 bits per heavy atom. The number of nitrogen functional groups attached to an aromatic ring is 1. The second-order valence-corrected chi connectivity index (χ2v) is 7.41. The molecule has 0 spiro atoms. The van der Waals surface area contributed by atoms with E-state index >= 15 is 0 Å². The highest BCUT2D eigenvalue weighted by Gasteiger charge is 2.33. The molecular formula is C14H21NO3S. The molecule has 1 aromatic rings. The van der Waals surface area contributed by atoms with Crippen molar-refractivity contribution in [2.75, 3.05) is 12.8 Å². The van der Waals surface area contributed by atoms with Crippen molar-refractivity contribution in [3.8, 4) is 0 Å². The highest BCUT2D eigenvalue weighted by molar-refractivity contribution is 7.92. The highest BCUT2D eigenvalue weighted by atomic mass is 32.2. The molecule has 0 aromatic heterocycles. The lowest BCUT2D eigenvalue weighted by Gasteiger charge is -2.28. The zero-order valence-electron chi connectivity index (χ0n) is 11.4. The summed E-state index contributed by atoms with van der Waals surface area (Å²) >= 11 is 0. The number of aryl methyl sites for hydroxylation is 1. The van der Waals surface area contributed by atoms with Crippen LogP contribution in [0.5, 0.6) is 0 Å². The largest absolute Gasteiger partial charge is 0.399 e. The summed E-state index contributed by atoms with van der Waals surface area (Å²) < 4.78 is 30.7. The maximum Gasteiger partial charge on any atom is 0.181 e. The molecule has 1 saturated carbocycles. The van der Waals surface area contributed by atoms with Crippen LogP contribution < -0.4 is 5.73 Å². The first-order valence-electron chi connectivity index (χ1n) is 6.58. The average molecular weight is 283 g/mol. The van der Waals surface area contributed by atoms with Crippen LogP contribution in [0.25, 0.3) is 0 Å². The van der Waals surface area contributed by atoms with E-state index in [2.05, 4.69) is 0 Å². The Balaban J connectivity index is 2.31. The molecule has 2 rings (SSSR count). The van der Waals surface area contributed by atoms with Gasteiger partial charge in [-0.3, -0.25) is 0 Å². The predicted molar refractivity (Wildman–Crippen MR) is 75.8 cm³/mol. The van der Waals surface area contributed by atoms with Crippen molar-refractivity contribution in [2.24, 2.45) is 0 Å². The third-order valence-electron chi connectivity index (χ3n) is 3.86. The molecule has 1 aromatic carbocycles. The summed E-state index contributed by atoms with van der Waals surface area (Å²) in [5, 5.41) is -0.339. The Morgan fingerprint density at radius 3 is 2.68 bits per heavy atom. The van der Waals surface area contributed by atoms with E-state index in [9.17, 15) is 8.42 Å². The molecule has 106 valence electrons. The monoisotopic (exact) mass is 283 g/mol. The molecule has 2 N–H and O–H groups in total. The van der Waals surface area contributed by atoms with E-state index in [1.54, 1.807) is 32.2 Å². The number of methoxy groups -OCH3 is 1. The molecule has 0 radical (unpaired) electrons. The first kappa shape index (κ1) is 14.3. The predicted octanol–water partition coefficient (Wildman–Crippen LogP) is 2.31. The van der Waals surface area contributed by atoms with Gasteiger partial charge in [0.1, 0.15) is 0 Å². The molecule has 4 nitrogen and oxygen atoms in total. The zero-order chi connectivity index (χ0) is 14.0. The molecule has 1 aliphatic rings. The van der Waals surface area contributed by atoms with Gasteiger partial charge in [0.25, 0.3) is 0 Å². The minimum Gasteiger partial charge on any atom is -0.399 e. The van der Waals surface area contributed by atoms with Gasteiger partial charge in [-0.25, -0.2) is 8.42 Å². The first-order valence-corrected chi connectivity index (χ1v) is 8.12. The van der Waals surface area contributed by atoms with Gasteiger partial charge in [0.2, 0.25) is 0 Å². The van der Waals surface area contributed by atoms with Gasteiger partial charge in [0.05, 0.1) is 16.2 Å². The van der Waals surface area contributed by atoms with E-state index in [1.807, 2.05) is 0 Å². The lowest BCUT2D eigenvalue weighted by Crippen LogP contribution is -2.32. The first-order chi connectivity index (χ1) is 8.95. The third kappa shape index (κ3) is 2.92. The van der Waals surface area contributed by atoms with Crippen LogP contribution in [0.4, 0.5) is 5.69 Å². The molecule has 0 amide bonds. The SMILES string of the molecule is COC1CCCC(S(=O)(=O)c2ccc(N)cc2C)C1. The van der Waals surface area contributed by atoms with Gasteiger partial charge >= 0.3 is 0 Å². The Bertz CT molecular complexity index is 554. The number of benzene rings is 1. The summed E-state index contributed by atoms with van der Waals surface area (Å²) in [7, 11) is -1.64. The molecule has 1 fully saturated rings. The maximum atomic E-state index is 12.7. The fourth-order valence-corrected chi connectivity index (χ4v) is 4.84. The highest BCUT2D eigenvalue weighted by Crippen LogP contribution is 2.31. The van der Waals surface area contributed by atoms with Crippen LogP contribution in [0.1, 0.15) is 31.2 Å². The molecular weight excluding hydrogens is 262 g/mol. The van der Waals surface area contributed by atoms with Gasteiger partial charge in [0, 0.05) is 12.8 Å². The van der Waals surface area contributed by atoms with E-state index in [-0.39, 0.29) is 11.4 Å². The molecule has 19 heavy (non-hydrogen) atoms. The minimum atomic E-state index is -3.29. The van der Waals surface area contributed by atoms with Gasteiger partial charge in [-0.2, -0.15) is 0 Å². The van der Waals surface area contributed by atoms with E-state index in [4.69, 9.17) is 10.5 Å². The van der Waals surface area contributed by atoms with Crippen LogP contribution in [0.15, 0.2) is 23.1 Å². The second kappa shape index (κ2) is 5.51. The van der Waals surface area contributed by atoms with E-state index in [0.29, 0.717) is 23.4 Å². The Hall–Kier alpha value is -1.07. The maximum absolute atomic E-state index is 12.7. The molecule has 0 heterocycles. The number of nitrogens with two attached hydrogens (primary N) is 1. The van der Waals surface area contributed by atoms with E-state index in [1.165, 1.54) is 0 Å². The molecule has 0 saturated heterocycles. The van der Waals surface area contributed by atoms with Crippen LogP contribution in [0.3, 0.4) is 0 Å². The van der Waals surface area contributed by atoms with E-state index < -0.39 is 9.84 Å². The number of rotatable bonds is 3. The lowest BCUT2D eigenvalue weighted by atomic mass is 9.97. The second-order valence-electron chi connectivity index (χ2n) is 5.22. The minimum absolute atomic E-state index is 0.0580. The summed E-state index contributed by atoms with van der Waals surface area (Å²) in [6.45, 7) is 1.79. The standard InChI is InChI=1S/C14H21NO3S/c1-10-8-11(15)6-7-14(10)19(16,17)13-5-3-4-12(9-13)18-2/h6-8,12-13H,3-5,9,15H2,1-2H3. The summed E-state index contributed by atoms with van der Waals surface area (Å²) in [5.41, 5.74) is 6.99. The Labute approximate surface area is 114 Å². The number of sulfone groups is 1. The van der Waals surface area contributed by atoms with Crippen molar-refractivity contribution in [3.05, 3.63) is 23.8 Å². The summed E-state index contributed by atoms with van der Waals surface area (Å²) in [6, 6.07) is 4.98. The smallest absolute Gasteiger partial charge is 0.181 e.